The lowest BCUT2D eigenvalue weighted by atomic mass is 10.0. The molecule has 0 saturated heterocycles. The highest BCUT2D eigenvalue weighted by Gasteiger charge is 2.26. The normalized spacial score (nSPS) is 13.4. The number of carbonyl (C=O) groups excluding carboxylic acids is 1. The monoisotopic (exact) mass is 475 g/mol. The van der Waals surface area contributed by atoms with E-state index in [4.69, 9.17) is 9.72 Å². The molecule has 3 aromatic carbocycles. The topological polar surface area (TPSA) is 73.1 Å². The minimum atomic E-state index is -0.329. The number of rotatable bonds is 4. The summed E-state index contributed by atoms with van der Waals surface area (Å²) in [4.78, 5) is 28.8. The minimum absolute atomic E-state index is 0.254. The van der Waals surface area contributed by atoms with Gasteiger partial charge in [0.2, 0.25) is 0 Å². The van der Waals surface area contributed by atoms with Crippen LogP contribution in [0.1, 0.15) is 29.1 Å². The largest absolute Gasteiger partial charge is 0.444 e. The number of hydrogen-bond donors (Lipinski definition) is 0. The molecule has 5 aromatic rings. The number of ether oxygens (including phenoxy) is 1. The molecule has 0 atom stereocenters. The van der Waals surface area contributed by atoms with Gasteiger partial charge in [0.15, 0.2) is 0 Å². The van der Waals surface area contributed by atoms with Crippen LogP contribution in [-0.4, -0.2) is 32.2 Å². The van der Waals surface area contributed by atoms with E-state index in [-0.39, 0.29) is 12.7 Å². The number of benzene rings is 3. The molecular formula is C29H25N5O2. The second-order valence-corrected chi connectivity index (χ2v) is 8.87. The molecule has 2 aromatic heterocycles. The number of aromatic nitrogens is 4. The predicted octanol–water partition coefficient (Wildman–Crippen LogP) is 5.78. The van der Waals surface area contributed by atoms with Crippen LogP contribution in [0.5, 0.6) is 0 Å². The highest BCUT2D eigenvalue weighted by molar-refractivity contribution is 5.95. The van der Waals surface area contributed by atoms with Crippen LogP contribution in [0.2, 0.25) is 0 Å². The first kappa shape index (κ1) is 22.0. The zero-order valence-corrected chi connectivity index (χ0v) is 20.0. The quantitative estimate of drug-likeness (QED) is 0.330. The number of aryl methyl sites for hydroxylation is 2. The maximum absolute atomic E-state index is 12.9. The number of carbonyl (C=O) groups is 1. The van der Waals surface area contributed by atoms with Crippen molar-refractivity contribution in [2.75, 3.05) is 11.4 Å². The van der Waals surface area contributed by atoms with Crippen molar-refractivity contribution in [1.29, 1.82) is 0 Å². The Balaban J connectivity index is 1.28. The first-order chi connectivity index (χ1) is 17.7. The van der Waals surface area contributed by atoms with Gasteiger partial charge in [0.1, 0.15) is 12.4 Å². The van der Waals surface area contributed by atoms with E-state index in [0.717, 1.165) is 63.2 Å². The van der Waals surface area contributed by atoms with Crippen LogP contribution in [0.3, 0.4) is 0 Å². The summed E-state index contributed by atoms with van der Waals surface area (Å²) < 4.78 is 7.68. The van der Waals surface area contributed by atoms with E-state index in [2.05, 4.69) is 14.5 Å². The van der Waals surface area contributed by atoms with Crippen molar-refractivity contribution in [2.45, 2.75) is 19.4 Å². The summed E-state index contributed by atoms with van der Waals surface area (Å²) in [6.45, 7) is 0.885. The van der Waals surface area contributed by atoms with Crippen LogP contribution in [0.4, 0.5) is 10.5 Å². The fraction of sp³-hybridized carbons (Fsp3) is 0.172. The van der Waals surface area contributed by atoms with Gasteiger partial charge in [-0.15, -0.1) is 0 Å². The van der Waals surface area contributed by atoms with Gasteiger partial charge in [0.25, 0.3) is 0 Å². The van der Waals surface area contributed by atoms with E-state index < -0.39 is 0 Å². The standard InChI is InChI=1S/C29H25N5O2/c1-33-26-15-14-25-22(10-7-17-34(25)29(35)36-19-20-8-3-2-4-9-20)28(26)32-27(33)16-13-21-18-30-23-11-5-6-12-24(23)31-21/h2-6,8-9,11-16,18H,7,10,17,19H2,1H3/b16-13+. The van der Waals surface area contributed by atoms with Gasteiger partial charge in [-0.25, -0.2) is 14.8 Å². The van der Waals surface area contributed by atoms with Crippen LogP contribution in [0.25, 0.3) is 34.2 Å². The SMILES string of the molecule is Cn1c(/C=C/c2cnc3ccccc3n2)nc2c3c(ccc21)N(C(=O)OCc1ccccc1)CCC3. The predicted molar refractivity (Wildman–Crippen MR) is 141 cm³/mol. The molecule has 0 N–H and O–H groups in total. The average Bonchev–Trinajstić information content (AvgIpc) is 3.26. The second kappa shape index (κ2) is 9.26. The number of imidazole rings is 1. The Bertz CT molecular complexity index is 1610. The zero-order chi connectivity index (χ0) is 24.5. The molecule has 7 heteroatoms. The van der Waals surface area contributed by atoms with E-state index in [1.54, 1.807) is 11.1 Å². The van der Waals surface area contributed by atoms with Gasteiger partial charge >= 0.3 is 6.09 Å². The average molecular weight is 476 g/mol. The number of para-hydroxylation sites is 2. The van der Waals surface area contributed by atoms with Gasteiger partial charge < -0.3 is 9.30 Å². The Morgan fingerprint density at radius 3 is 2.64 bits per heavy atom. The number of nitrogens with zero attached hydrogens (tertiary/aromatic N) is 5. The number of anilines is 1. The van der Waals surface area contributed by atoms with E-state index in [0.29, 0.717) is 6.54 Å². The molecule has 0 bridgehead atoms. The van der Waals surface area contributed by atoms with Gasteiger partial charge in [-0.05, 0) is 54.8 Å². The van der Waals surface area contributed by atoms with Crippen molar-refractivity contribution in [3.8, 4) is 0 Å². The van der Waals surface area contributed by atoms with Crippen LogP contribution < -0.4 is 4.90 Å². The molecule has 1 amide bonds. The van der Waals surface area contributed by atoms with Crippen LogP contribution >= 0.6 is 0 Å². The molecule has 7 nitrogen and oxygen atoms in total. The summed E-state index contributed by atoms with van der Waals surface area (Å²) in [5.74, 6) is 0.817. The van der Waals surface area contributed by atoms with E-state index in [1.807, 2.05) is 85.9 Å². The van der Waals surface area contributed by atoms with E-state index >= 15 is 0 Å². The van der Waals surface area contributed by atoms with Crippen LogP contribution in [0.15, 0.2) is 72.9 Å². The zero-order valence-electron chi connectivity index (χ0n) is 20.0. The molecule has 0 spiro atoms. The molecule has 0 radical (unpaired) electrons. The van der Waals surface area contributed by atoms with Gasteiger partial charge in [-0.3, -0.25) is 9.88 Å². The fourth-order valence-corrected chi connectivity index (χ4v) is 4.70. The third kappa shape index (κ3) is 4.09. The molecule has 0 unspecified atom stereocenters. The maximum atomic E-state index is 12.9. The highest BCUT2D eigenvalue weighted by Crippen LogP contribution is 2.34. The van der Waals surface area contributed by atoms with Crippen molar-refractivity contribution in [3.05, 3.63) is 95.6 Å². The third-order valence-corrected chi connectivity index (χ3v) is 6.56. The molecule has 6 rings (SSSR count). The molecule has 36 heavy (non-hydrogen) atoms. The lowest BCUT2D eigenvalue weighted by Gasteiger charge is -2.29. The Kier molecular flexibility index (Phi) is 5.65. The Hall–Kier alpha value is -4.52. The Labute approximate surface area is 208 Å². The van der Waals surface area contributed by atoms with Crippen molar-refractivity contribution in [1.82, 2.24) is 19.5 Å². The third-order valence-electron chi connectivity index (χ3n) is 6.56. The summed E-state index contributed by atoms with van der Waals surface area (Å²) in [5, 5.41) is 0. The number of hydrogen-bond acceptors (Lipinski definition) is 5. The number of fused-ring (bicyclic) bond motifs is 4. The Morgan fingerprint density at radius 2 is 1.78 bits per heavy atom. The number of amides is 1. The molecule has 0 aliphatic carbocycles. The summed E-state index contributed by atoms with van der Waals surface area (Å²) in [5.41, 5.74) is 7.37. The molecule has 0 fully saturated rings. The summed E-state index contributed by atoms with van der Waals surface area (Å²) in [7, 11) is 2.00. The highest BCUT2D eigenvalue weighted by atomic mass is 16.6. The summed E-state index contributed by atoms with van der Waals surface area (Å²) >= 11 is 0. The molecular weight excluding hydrogens is 450 g/mol. The summed E-state index contributed by atoms with van der Waals surface area (Å²) in [6.07, 6.45) is 7.06. The van der Waals surface area contributed by atoms with Crippen molar-refractivity contribution >= 4 is 46.0 Å². The fourth-order valence-electron chi connectivity index (χ4n) is 4.70. The molecule has 0 saturated carbocycles. The molecule has 3 heterocycles. The first-order valence-electron chi connectivity index (χ1n) is 12.0. The van der Waals surface area contributed by atoms with Crippen LogP contribution in [-0.2, 0) is 24.8 Å². The molecule has 1 aliphatic heterocycles. The van der Waals surface area contributed by atoms with Gasteiger partial charge in [0, 0.05) is 19.2 Å². The second-order valence-electron chi connectivity index (χ2n) is 8.87. The van der Waals surface area contributed by atoms with Crippen molar-refractivity contribution < 1.29 is 9.53 Å². The van der Waals surface area contributed by atoms with Crippen molar-refractivity contribution in [2.24, 2.45) is 7.05 Å². The van der Waals surface area contributed by atoms with Gasteiger partial charge in [-0.1, -0.05) is 42.5 Å². The lowest BCUT2D eigenvalue weighted by Crippen LogP contribution is -2.36. The van der Waals surface area contributed by atoms with E-state index in [1.165, 1.54) is 0 Å². The van der Waals surface area contributed by atoms with Crippen LogP contribution in [0, 0.1) is 0 Å². The Morgan fingerprint density at radius 1 is 0.972 bits per heavy atom. The molecule has 178 valence electrons. The van der Waals surface area contributed by atoms with Gasteiger partial charge in [-0.2, -0.15) is 0 Å². The lowest BCUT2D eigenvalue weighted by molar-refractivity contribution is 0.146. The molecule has 1 aliphatic rings. The van der Waals surface area contributed by atoms with E-state index in [9.17, 15) is 4.79 Å². The first-order valence-corrected chi connectivity index (χ1v) is 12.0. The smallest absolute Gasteiger partial charge is 0.414 e. The minimum Gasteiger partial charge on any atom is -0.444 e. The maximum Gasteiger partial charge on any atom is 0.414 e. The van der Waals surface area contributed by atoms with Crippen molar-refractivity contribution in [3.63, 3.8) is 0 Å². The summed E-state index contributed by atoms with van der Waals surface area (Å²) in [6, 6.07) is 21.6. The van der Waals surface area contributed by atoms with Gasteiger partial charge in [0.05, 0.1) is 39.6 Å².